The van der Waals surface area contributed by atoms with Gasteiger partial charge in [-0.1, -0.05) is 0 Å². The summed E-state index contributed by atoms with van der Waals surface area (Å²) in [5.41, 5.74) is 2.27. The van der Waals surface area contributed by atoms with Crippen molar-refractivity contribution in [3.8, 4) is 0 Å². The monoisotopic (exact) mass is 431 g/mol. The highest BCUT2D eigenvalue weighted by molar-refractivity contribution is 5.81. The van der Waals surface area contributed by atoms with Crippen LogP contribution in [0.25, 0.3) is 21.8 Å². The third-order valence-electron chi connectivity index (χ3n) is 6.11. The maximum absolute atomic E-state index is 12.7. The first-order valence-corrected chi connectivity index (χ1v) is 10.8. The third-order valence-corrected chi connectivity index (χ3v) is 6.11. The zero-order valence-electron chi connectivity index (χ0n) is 18.4. The molecular formula is C23H25N7O2. The largest absolute Gasteiger partial charge is 0.368 e. The van der Waals surface area contributed by atoms with Crippen LogP contribution in [0.2, 0.25) is 0 Å². The Bertz CT molecular complexity index is 1430. The maximum atomic E-state index is 12.7. The second-order valence-electron chi connectivity index (χ2n) is 8.40. The third kappa shape index (κ3) is 3.30. The maximum Gasteiger partial charge on any atom is 0.262 e. The average molecular weight is 432 g/mol. The number of hydrogen-bond donors (Lipinski definition) is 0. The first kappa shape index (κ1) is 20.2. The Morgan fingerprint density at radius 3 is 2.38 bits per heavy atom. The van der Waals surface area contributed by atoms with Gasteiger partial charge in [0.05, 0.1) is 34.3 Å². The summed E-state index contributed by atoms with van der Waals surface area (Å²) in [4.78, 5) is 43.1. The molecule has 4 heterocycles. The summed E-state index contributed by atoms with van der Waals surface area (Å²) < 4.78 is 3.26. The highest BCUT2D eigenvalue weighted by Crippen LogP contribution is 2.22. The molecule has 0 amide bonds. The molecule has 1 aliphatic heterocycles. The molecule has 0 saturated carbocycles. The summed E-state index contributed by atoms with van der Waals surface area (Å²) in [6.07, 6.45) is 4.87. The fraction of sp³-hybridized carbons (Fsp3) is 0.348. The predicted molar refractivity (Wildman–Crippen MR) is 126 cm³/mol. The number of piperazine rings is 1. The zero-order valence-corrected chi connectivity index (χ0v) is 18.4. The van der Waals surface area contributed by atoms with Gasteiger partial charge in [-0.2, -0.15) is 0 Å². The zero-order chi connectivity index (χ0) is 22.4. The average Bonchev–Trinajstić information content (AvgIpc) is 2.81. The van der Waals surface area contributed by atoms with Gasteiger partial charge in [-0.15, -0.1) is 0 Å². The number of nitrogens with zero attached hydrogens (tertiary/aromatic N) is 7. The van der Waals surface area contributed by atoms with E-state index < -0.39 is 0 Å². The van der Waals surface area contributed by atoms with E-state index >= 15 is 0 Å². The van der Waals surface area contributed by atoms with Gasteiger partial charge in [-0.25, -0.2) is 9.97 Å². The summed E-state index contributed by atoms with van der Waals surface area (Å²) >= 11 is 0. The second kappa shape index (κ2) is 7.74. The molecule has 5 rings (SSSR count). The first-order chi connectivity index (χ1) is 15.4. The van der Waals surface area contributed by atoms with Gasteiger partial charge in [0, 0.05) is 51.2 Å². The predicted octanol–water partition coefficient (Wildman–Crippen LogP) is 1.95. The minimum absolute atomic E-state index is 0.0147. The van der Waals surface area contributed by atoms with Gasteiger partial charge in [-0.05, 0) is 38.1 Å². The number of pyridine rings is 1. The Balaban J connectivity index is 1.39. The molecule has 32 heavy (non-hydrogen) atoms. The van der Waals surface area contributed by atoms with Crippen molar-refractivity contribution in [2.75, 3.05) is 36.0 Å². The van der Waals surface area contributed by atoms with Crippen LogP contribution in [0.4, 0.5) is 11.6 Å². The molecule has 1 saturated heterocycles. The van der Waals surface area contributed by atoms with E-state index in [4.69, 9.17) is 4.98 Å². The van der Waals surface area contributed by atoms with Gasteiger partial charge >= 0.3 is 0 Å². The van der Waals surface area contributed by atoms with Gasteiger partial charge in [0.15, 0.2) is 0 Å². The van der Waals surface area contributed by atoms with E-state index in [0.717, 1.165) is 31.9 Å². The van der Waals surface area contributed by atoms with E-state index in [1.165, 1.54) is 0 Å². The molecule has 0 aliphatic carbocycles. The second-order valence-corrected chi connectivity index (χ2v) is 8.40. The molecule has 1 aromatic carbocycles. The molecule has 9 nitrogen and oxygen atoms in total. The molecule has 3 aromatic heterocycles. The summed E-state index contributed by atoms with van der Waals surface area (Å²) in [5.74, 6) is 0.657. The molecular weight excluding hydrogens is 406 g/mol. The van der Waals surface area contributed by atoms with Crippen LogP contribution in [0.5, 0.6) is 0 Å². The molecule has 0 atom stereocenters. The van der Waals surface area contributed by atoms with Crippen LogP contribution in [0.1, 0.15) is 19.9 Å². The summed E-state index contributed by atoms with van der Waals surface area (Å²) in [6.45, 7) is 6.95. The SMILES string of the molecule is CC(C)n1cnc2cc(N3CCN(c4nc5cnccc5c(=O)n4C)CC3)ccc2c1=O. The van der Waals surface area contributed by atoms with E-state index in [9.17, 15) is 9.59 Å². The highest BCUT2D eigenvalue weighted by Gasteiger charge is 2.22. The smallest absolute Gasteiger partial charge is 0.262 e. The number of hydrogen-bond acceptors (Lipinski definition) is 7. The Morgan fingerprint density at radius 2 is 1.62 bits per heavy atom. The van der Waals surface area contributed by atoms with Crippen molar-refractivity contribution in [1.29, 1.82) is 0 Å². The van der Waals surface area contributed by atoms with Crippen molar-refractivity contribution >= 4 is 33.4 Å². The lowest BCUT2D eigenvalue weighted by atomic mass is 10.2. The van der Waals surface area contributed by atoms with Gasteiger partial charge < -0.3 is 9.80 Å². The number of rotatable bonds is 3. The summed E-state index contributed by atoms with van der Waals surface area (Å²) in [5, 5.41) is 1.21. The molecule has 0 bridgehead atoms. The van der Waals surface area contributed by atoms with Crippen LogP contribution < -0.4 is 20.9 Å². The van der Waals surface area contributed by atoms with Crippen LogP contribution >= 0.6 is 0 Å². The van der Waals surface area contributed by atoms with Gasteiger partial charge in [0.25, 0.3) is 11.1 Å². The van der Waals surface area contributed by atoms with Crippen molar-refractivity contribution < 1.29 is 0 Å². The van der Waals surface area contributed by atoms with Crippen LogP contribution in [0.15, 0.2) is 52.6 Å². The molecule has 1 fully saturated rings. The van der Waals surface area contributed by atoms with Crippen molar-refractivity contribution in [3.63, 3.8) is 0 Å². The van der Waals surface area contributed by atoms with Crippen LogP contribution in [-0.2, 0) is 7.05 Å². The normalized spacial score (nSPS) is 14.6. The molecule has 4 aromatic rings. The first-order valence-electron chi connectivity index (χ1n) is 10.8. The van der Waals surface area contributed by atoms with E-state index in [1.54, 1.807) is 41.0 Å². The minimum atomic E-state index is -0.0671. The number of fused-ring (bicyclic) bond motifs is 2. The molecule has 0 unspecified atom stereocenters. The van der Waals surface area contributed by atoms with E-state index in [-0.39, 0.29) is 17.2 Å². The standard InChI is InChI=1S/C23H25N7O2/c1-15(2)30-14-25-19-12-16(4-5-17(19)22(30)32)28-8-10-29(11-9-28)23-26-20-13-24-7-6-18(20)21(31)27(23)3/h4-7,12-15H,8-11H2,1-3H3. The van der Waals surface area contributed by atoms with E-state index in [0.29, 0.717) is 27.8 Å². The van der Waals surface area contributed by atoms with Gasteiger partial charge in [0.1, 0.15) is 0 Å². The lowest BCUT2D eigenvalue weighted by molar-refractivity contribution is 0.573. The molecule has 0 N–H and O–H groups in total. The van der Waals surface area contributed by atoms with Crippen molar-refractivity contribution in [3.05, 3.63) is 63.7 Å². The Morgan fingerprint density at radius 1 is 0.906 bits per heavy atom. The van der Waals surface area contributed by atoms with E-state index in [1.807, 2.05) is 32.0 Å². The Hall–Kier alpha value is -3.75. The molecule has 0 spiro atoms. The lowest BCUT2D eigenvalue weighted by Crippen LogP contribution is -2.48. The Kier molecular flexibility index (Phi) is 4.88. The fourth-order valence-electron chi connectivity index (χ4n) is 4.25. The van der Waals surface area contributed by atoms with Crippen LogP contribution in [0.3, 0.4) is 0 Å². The number of anilines is 2. The lowest BCUT2D eigenvalue weighted by Gasteiger charge is -2.37. The van der Waals surface area contributed by atoms with Crippen molar-refractivity contribution in [1.82, 2.24) is 24.1 Å². The number of benzene rings is 1. The quantitative estimate of drug-likeness (QED) is 0.490. The van der Waals surface area contributed by atoms with Crippen molar-refractivity contribution in [2.45, 2.75) is 19.9 Å². The summed E-state index contributed by atoms with van der Waals surface area (Å²) in [6, 6.07) is 7.61. The van der Waals surface area contributed by atoms with Crippen molar-refractivity contribution in [2.24, 2.45) is 7.05 Å². The molecule has 0 radical (unpaired) electrons. The Labute approximate surface area is 184 Å². The fourth-order valence-corrected chi connectivity index (χ4v) is 4.25. The van der Waals surface area contributed by atoms with E-state index in [2.05, 4.69) is 19.8 Å². The van der Waals surface area contributed by atoms with Gasteiger partial charge in [-0.3, -0.25) is 23.7 Å². The molecule has 164 valence electrons. The van der Waals surface area contributed by atoms with Crippen LogP contribution in [0, 0.1) is 0 Å². The number of aromatic nitrogens is 5. The van der Waals surface area contributed by atoms with Gasteiger partial charge in [0.2, 0.25) is 5.95 Å². The highest BCUT2D eigenvalue weighted by atomic mass is 16.1. The molecule has 1 aliphatic rings. The topological polar surface area (TPSA) is 89.2 Å². The summed E-state index contributed by atoms with van der Waals surface area (Å²) in [7, 11) is 1.76. The minimum Gasteiger partial charge on any atom is -0.368 e. The molecule has 9 heteroatoms. The van der Waals surface area contributed by atoms with Crippen LogP contribution in [-0.4, -0.2) is 50.3 Å².